The van der Waals surface area contributed by atoms with Crippen molar-refractivity contribution in [3.05, 3.63) is 65.2 Å². The highest BCUT2D eigenvalue weighted by Gasteiger charge is 2.39. The predicted octanol–water partition coefficient (Wildman–Crippen LogP) is 2.88. The van der Waals surface area contributed by atoms with Crippen molar-refractivity contribution in [1.29, 1.82) is 0 Å². The van der Waals surface area contributed by atoms with E-state index in [1.54, 1.807) is 11.0 Å². The second-order valence-electron chi connectivity index (χ2n) is 9.27. The van der Waals surface area contributed by atoms with E-state index in [1.807, 2.05) is 18.2 Å². The number of hydrogen-bond donors (Lipinski definition) is 1. The van der Waals surface area contributed by atoms with Gasteiger partial charge in [0.25, 0.3) is 5.91 Å². The second-order valence-corrected chi connectivity index (χ2v) is 9.27. The summed E-state index contributed by atoms with van der Waals surface area (Å²) < 4.78 is 6.43. The fourth-order valence-corrected chi connectivity index (χ4v) is 5.34. The monoisotopic (exact) mass is 447 g/mol. The maximum absolute atomic E-state index is 12.9. The molecule has 2 aromatic rings. The lowest BCUT2D eigenvalue weighted by molar-refractivity contribution is -0.136. The zero-order valence-corrected chi connectivity index (χ0v) is 18.8. The van der Waals surface area contributed by atoms with Crippen LogP contribution in [0.5, 0.6) is 5.75 Å². The molecule has 1 aliphatic carbocycles. The van der Waals surface area contributed by atoms with Crippen LogP contribution in [0, 0.1) is 0 Å². The van der Waals surface area contributed by atoms with Crippen molar-refractivity contribution in [2.45, 2.75) is 63.4 Å². The average molecular weight is 448 g/mol. The highest BCUT2D eigenvalue weighted by Crippen LogP contribution is 2.33. The Kier molecular flexibility index (Phi) is 5.89. The third kappa shape index (κ3) is 4.37. The minimum atomic E-state index is -0.599. The average Bonchev–Trinajstić information content (AvgIpc) is 3.39. The number of imide groups is 1. The molecule has 1 saturated carbocycles. The highest BCUT2D eigenvalue weighted by atomic mass is 16.5. The number of nitrogens with one attached hydrogen (secondary N) is 1. The van der Waals surface area contributed by atoms with Crippen LogP contribution in [-0.2, 0) is 22.7 Å². The van der Waals surface area contributed by atoms with Crippen LogP contribution in [0.3, 0.4) is 0 Å². The van der Waals surface area contributed by atoms with Crippen LogP contribution in [0.4, 0.5) is 0 Å². The van der Waals surface area contributed by atoms with Crippen molar-refractivity contribution >= 4 is 17.7 Å². The number of amides is 3. The number of rotatable bonds is 6. The van der Waals surface area contributed by atoms with E-state index in [0.29, 0.717) is 24.6 Å². The van der Waals surface area contributed by atoms with Gasteiger partial charge in [0.1, 0.15) is 17.9 Å². The number of piperidine rings is 1. The fraction of sp³-hybridized carbons (Fsp3) is 0.423. The smallest absolute Gasteiger partial charge is 0.255 e. The molecule has 0 bridgehead atoms. The van der Waals surface area contributed by atoms with Crippen molar-refractivity contribution in [3.8, 4) is 5.75 Å². The number of nitrogens with zero attached hydrogens (tertiary/aromatic N) is 2. The molecule has 5 rings (SSSR count). The van der Waals surface area contributed by atoms with Gasteiger partial charge in [-0.25, -0.2) is 0 Å². The van der Waals surface area contributed by atoms with Crippen LogP contribution >= 0.6 is 0 Å². The Bertz CT molecular complexity index is 1070. The molecule has 1 saturated heterocycles. The summed E-state index contributed by atoms with van der Waals surface area (Å²) in [6, 6.07) is 15.8. The maximum Gasteiger partial charge on any atom is 0.255 e. The second kappa shape index (κ2) is 8.98. The first-order valence-electron chi connectivity index (χ1n) is 11.7. The molecule has 2 fully saturated rings. The summed E-state index contributed by atoms with van der Waals surface area (Å²) in [7, 11) is 2.15. The van der Waals surface area contributed by atoms with E-state index < -0.39 is 6.04 Å². The topological polar surface area (TPSA) is 79.0 Å². The van der Waals surface area contributed by atoms with E-state index in [1.165, 1.54) is 5.56 Å². The largest absolute Gasteiger partial charge is 0.489 e. The molecule has 3 amide bonds. The van der Waals surface area contributed by atoms with Gasteiger partial charge in [-0.05, 0) is 62.1 Å². The minimum Gasteiger partial charge on any atom is -0.489 e. The van der Waals surface area contributed by atoms with Crippen LogP contribution in [0.2, 0.25) is 0 Å². The van der Waals surface area contributed by atoms with E-state index in [2.05, 4.69) is 41.5 Å². The van der Waals surface area contributed by atoms with Gasteiger partial charge >= 0.3 is 0 Å². The number of fused-ring (bicyclic) bond motifs is 1. The fourth-order valence-electron chi connectivity index (χ4n) is 5.34. The summed E-state index contributed by atoms with van der Waals surface area (Å²) in [6.07, 6.45) is 3.94. The number of carbonyl (C=O) groups excluding carboxylic acids is 3. The molecule has 0 aromatic heterocycles. The highest BCUT2D eigenvalue weighted by molar-refractivity contribution is 6.05. The summed E-state index contributed by atoms with van der Waals surface area (Å²) in [5.41, 5.74) is 2.76. The van der Waals surface area contributed by atoms with Gasteiger partial charge in [0.15, 0.2) is 0 Å². The Balaban J connectivity index is 1.26. The molecule has 2 aromatic carbocycles. The Labute approximate surface area is 193 Å². The Morgan fingerprint density at radius 2 is 1.88 bits per heavy atom. The van der Waals surface area contributed by atoms with Crippen molar-refractivity contribution in [3.63, 3.8) is 0 Å². The van der Waals surface area contributed by atoms with Gasteiger partial charge in [-0.15, -0.1) is 0 Å². The van der Waals surface area contributed by atoms with Crippen LogP contribution in [0.1, 0.15) is 53.6 Å². The lowest BCUT2D eigenvalue weighted by Crippen LogP contribution is -2.52. The quantitative estimate of drug-likeness (QED) is 0.689. The molecular formula is C26H29N3O4. The van der Waals surface area contributed by atoms with E-state index in [0.717, 1.165) is 37.1 Å². The van der Waals surface area contributed by atoms with Crippen LogP contribution in [0.15, 0.2) is 48.5 Å². The molecule has 1 unspecified atom stereocenters. The Hall–Kier alpha value is -3.19. The zero-order chi connectivity index (χ0) is 22.9. The molecule has 172 valence electrons. The van der Waals surface area contributed by atoms with Crippen LogP contribution in [0.25, 0.3) is 0 Å². The van der Waals surface area contributed by atoms with Gasteiger partial charge in [0.05, 0.1) is 0 Å². The van der Waals surface area contributed by atoms with E-state index in [4.69, 9.17) is 4.74 Å². The summed E-state index contributed by atoms with van der Waals surface area (Å²) in [6.45, 7) is 1.24. The molecule has 7 nitrogen and oxygen atoms in total. The van der Waals surface area contributed by atoms with Crippen LogP contribution < -0.4 is 10.1 Å². The third-order valence-electron chi connectivity index (χ3n) is 7.04. The first-order valence-corrected chi connectivity index (χ1v) is 11.7. The molecule has 1 N–H and O–H groups in total. The molecular weight excluding hydrogens is 418 g/mol. The summed E-state index contributed by atoms with van der Waals surface area (Å²) in [4.78, 5) is 40.6. The summed E-state index contributed by atoms with van der Waals surface area (Å²) >= 11 is 0. The minimum absolute atomic E-state index is 0.0973. The normalized spacial score (nSPS) is 24.8. The van der Waals surface area contributed by atoms with Gasteiger partial charge in [0.2, 0.25) is 11.8 Å². The molecule has 0 spiro atoms. The summed E-state index contributed by atoms with van der Waals surface area (Å²) in [5, 5.41) is 2.34. The van der Waals surface area contributed by atoms with Crippen molar-refractivity contribution in [1.82, 2.24) is 15.1 Å². The van der Waals surface area contributed by atoms with Crippen molar-refractivity contribution in [2.24, 2.45) is 0 Å². The zero-order valence-electron chi connectivity index (χ0n) is 18.8. The molecule has 7 heteroatoms. The lowest BCUT2D eigenvalue weighted by atomic mass is 10.0. The molecule has 3 atom stereocenters. The van der Waals surface area contributed by atoms with E-state index in [9.17, 15) is 14.4 Å². The standard InChI is InChI=1S/C26H29N3O4/c1-28(15-17-6-3-2-4-7-17)21-8-5-9-23(21)33-19-10-11-20-18(14-19)16-29(26(20)32)22-12-13-24(30)27-25(22)31/h2-4,6-7,10-11,14,21-23H,5,8-9,12-13,15-16H2,1H3,(H,27,30,31)/t21-,22?,23+/m1/s1. The van der Waals surface area contributed by atoms with Gasteiger partial charge in [0, 0.05) is 31.1 Å². The van der Waals surface area contributed by atoms with Gasteiger partial charge < -0.3 is 9.64 Å². The molecule has 33 heavy (non-hydrogen) atoms. The van der Waals surface area contributed by atoms with Crippen LogP contribution in [-0.4, -0.2) is 52.8 Å². The first-order chi connectivity index (χ1) is 16.0. The number of carbonyl (C=O) groups is 3. The Morgan fingerprint density at radius 1 is 1.06 bits per heavy atom. The Morgan fingerprint density at radius 3 is 2.67 bits per heavy atom. The van der Waals surface area contributed by atoms with Gasteiger partial charge in [-0.3, -0.25) is 24.6 Å². The van der Waals surface area contributed by atoms with Gasteiger partial charge in [-0.1, -0.05) is 30.3 Å². The van der Waals surface area contributed by atoms with Crippen molar-refractivity contribution in [2.75, 3.05) is 7.05 Å². The van der Waals surface area contributed by atoms with Gasteiger partial charge in [-0.2, -0.15) is 0 Å². The molecule has 2 heterocycles. The third-order valence-corrected chi connectivity index (χ3v) is 7.04. The number of likely N-dealkylation sites (N-methyl/N-ethyl adjacent to an activating group) is 1. The molecule has 0 radical (unpaired) electrons. The number of ether oxygens (including phenoxy) is 1. The SMILES string of the molecule is CN(Cc1ccccc1)[C@@H]1CCC[C@@H]1Oc1ccc2c(c1)CN(C1CCC(=O)NC1=O)C2=O. The summed E-state index contributed by atoms with van der Waals surface area (Å²) in [5.74, 6) is -0.0670. The number of benzene rings is 2. The number of hydrogen-bond acceptors (Lipinski definition) is 5. The molecule has 2 aliphatic heterocycles. The predicted molar refractivity (Wildman–Crippen MR) is 122 cm³/mol. The van der Waals surface area contributed by atoms with E-state index >= 15 is 0 Å². The van der Waals surface area contributed by atoms with E-state index in [-0.39, 0.29) is 30.2 Å². The van der Waals surface area contributed by atoms with Crippen molar-refractivity contribution < 1.29 is 19.1 Å². The first kappa shape index (κ1) is 21.6. The maximum atomic E-state index is 12.9. The lowest BCUT2D eigenvalue weighted by Gasteiger charge is -2.30. The molecule has 3 aliphatic rings.